The summed E-state index contributed by atoms with van der Waals surface area (Å²) in [5.74, 6) is -0.0919. The average molecular weight is 202 g/mol. The molecule has 0 aromatic rings. The Bertz CT molecular complexity index is 174. The molecule has 0 unspecified atom stereocenters. The van der Waals surface area contributed by atoms with Crippen molar-refractivity contribution in [3.8, 4) is 0 Å². The first-order chi connectivity index (χ1) is 5.63. The van der Waals surface area contributed by atoms with Gasteiger partial charge in [0.25, 0.3) is 0 Å². The Hall–Kier alpha value is -0.313. The second kappa shape index (κ2) is 4.27. The van der Waals surface area contributed by atoms with Crippen LogP contribution in [0.3, 0.4) is 0 Å². The molecule has 0 aromatic heterocycles. The van der Waals surface area contributed by atoms with Crippen LogP contribution in [0.4, 0.5) is 0 Å². The van der Waals surface area contributed by atoms with Crippen LogP contribution in [0.2, 0.25) is 25.7 Å². The summed E-state index contributed by atoms with van der Waals surface area (Å²) in [6.45, 7) is 13.1. The molecule has 3 heteroatoms. The van der Waals surface area contributed by atoms with E-state index in [1.165, 1.54) is 0 Å². The molecule has 0 saturated carbocycles. The fraction of sp³-hybridized carbons (Fsp3) is 0.900. The fourth-order valence-electron chi connectivity index (χ4n) is 0.666. The maximum atomic E-state index is 11.3. The van der Waals surface area contributed by atoms with Crippen molar-refractivity contribution in [3.05, 3.63) is 0 Å². The van der Waals surface area contributed by atoms with E-state index in [0.717, 1.165) is 6.04 Å². The lowest BCUT2D eigenvalue weighted by molar-refractivity contribution is -0.152. The summed E-state index contributed by atoms with van der Waals surface area (Å²) in [6, 6.07) is 1.05. The SMILES string of the molecule is CC(C)(C)C(=O)OCC[Si](C)(C)C. The Morgan fingerprint density at radius 1 is 1.23 bits per heavy atom. The van der Waals surface area contributed by atoms with Crippen LogP contribution in [0.5, 0.6) is 0 Å². The van der Waals surface area contributed by atoms with Crippen LogP contribution in [0.15, 0.2) is 0 Å². The van der Waals surface area contributed by atoms with Gasteiger partial charge in [-0.05, 0) is 26.8 Å². The maximum Gasteiger partial charge on any atom is 0.311 e. The summed E-state index contributed by atoms with van der Waals surface area (Å²) in [7, 11) is -1.06. The van der Waals surface area contributed by atoms with Crippen LogP contribution >= 0.6 is 0 Å². The normalized spacial score (nSPS) is 12.8. The molecule has 0 saturated heterocycles. The van der Waals surface area contributed by atoms with E-state index in [1.54, 1.807) is 0 Å². The molecule has 0 spiro atoms. The molecule has 2 nitrogen and oxygen atoms in total. The van der Waals surface area contributed by atoms with Crippen molar-refractivity contribution in [2.24, 2.45) is 5.41 Å². The highest BCUT2D eigenvalue weighted by Gasteiger charge is 2.23. The lowest BCUT2D eigenvalue weighted by Gasteiger charge is -2.19. The number of hydrogen-bond donors (Lipinski definition) is 0. The number of carbonyl (C=O) groups excluding carboxylic acids is 1. The van der Waals surface area contributed by atoms with Gasteiger partial charge in [-0.1, -0.05) is 19.6 Å². The number of hydrogen-bond acceptors (Lipinski definition) is 2. The van der Waals surface area contributed by atoms with Crippen LogP contribution in [0.25, 0.3) is 0 Å². The van der Waals surface area contributed by atoms with E-state index in [-0.39, 0.29) is 11.4 Å². The third-order valence-corrected chi connectivity index (χ3v) is 3.40. The Kier molecular flexibility index (Phi) is 4.16. The molecule has 0 bridgehead atoms. The van der Waals surface area contributed by atoms with E-state index in [1.807, 2.05) is 20.8 Å². The number of ether oxygens (including phenoxy) is 1. The van der Waals surface area contributed by atoms with Crippen molar-refractivity contribution in [2.75, 3.05) is 6.61 Å². The highest BCUT2D eigenvalue weighted by molar-refractivity contribution is 6.76. The minimum atomic E-state index is -1.06. The molecular weight excluding hydrogens is 180 g/mol. The molecule has 0 aromatic carbocycles. The van der Waals surface area contributed by atoms with E-state index in [9.17, 15) is 4.79 Å². The van der Waals surface area contributed by atoms with Gasteiger partial charge in [-0.3, -0.25) is 4.79 Å². The van der Waals surface area contributed by atoms with E-state index in [4.69, 9.17) is 4.74 Å². The molecule has 0 amide bonds. The van der Waals surface area contributed by atoms with Gasteiger partial charge in [0.05, 0.1) is 12.0 Å². The van der Waals surface area contributed by atoms with Crippen LogP contribution in [-0.4, -0.2) is 20.7 Å². The van der Waals surface area contributed by atoms with Crippen molar-refractivity contribution in [1.82, 2.24) is 0 Å². The predicted octanol–water partition coefficient (Wildman–Crippen LogP) is 2.91. The molecule has 13 heavy (non-hydrogen) atoms. The molecular formula is C10H22O2Si. The first kappa shape index (κ1) is 12.7. The summed E-state index contributed by atoms with van der Waals surface area (Å²) in [5.41, 5.74) is -0.362. The predicted molar refractivity (Wildman–Crippen MR) is 58.6 cm³/mol. The van der Waals surface area contributed by atoms with Gasteiger partial charge in [0.1, 0.15) is 0 Å². The zero-order valence-electron chi connectivity index (χ0n) is 9.73. The molecule has 0 aliphatic heterocycles. The topological polar surface area (TPSA) is 26.3 Å². The molecule has 0 N–H and O–H groups in total. The highest BCUT2D eigenvalue weighted by Crippen LogP contribution is 2.16. The minimum Gasteiger partial charge on any atom is -0.466 e. The largest absolute Gasteiger partial charge is 0.466 e. The van der Waals surface area contributed by atoms with Crippen molar-refractivity contribution in [3.63, 3.8) is 0 Å². The van der Waals surface area contributed by atoms with Crippen LogP contribution in [0, 0.1) is 5.41 Å². The van der Waals surface area contributed by atoms with Crippen molar-refractivity contribution in [1.29, 1.82) is 0 Å². The van der Waals surface area contributed by atoms with Gasteiger partial charge in [0.2, 0.25) is 0 Å². The van der Waals surface area contributed by atoms with Crippen LogP contribution in [-0.2, 0) is 9.53 Å². The van der Waals surface area contributed by atoms with Gasteiger partial charge >= 0.3 is 5.97 Å². The first-order valence-electron chi connectivity index (χ1n) is 4.80. The van der Waals surface area contributed by atoms with E-state index in [0.29, 0.717) is 6.61 Å². The third-order valence-electron chi connectivity index (χ3n) is 1.70. The number of carbonyl (C=O) groups is 1. The zero-order valence-corrected chi connectivity index (χ0v) is 10.7. The van der Waals surface area contributed by atoms with Gasteiger partial charge in [-0.2, -0.15) is 0 Å². The maximum absolute atomic E-state index is 11.3. The molecule has 0 heterocycles. The van der Waals surface area contributed by atoms with Crippen molar-refractivity contribution >= 4 is 14.0 Å². The number of esters is 1. The second-order valence-corrected chi connectivity index (χ2v) is 11.3. The summed E-state index contributed by atoms with van der Waals surface area (Å²) < 4.78 is 5.18. The van der Waals surface area contributed by atoms with Gasteiger partial charge in [0, 0.05) is 8.07 Å². The Morgan fingerprint density at radius 2 is 1.69 bits per heavy atom. The standard InChI is InChI=1S/C10H22O2Si/c1-10(2,3)9(11)12-7-8-13(4,5)6/h7-8H2,1-6H3. The smallest absolute Gasteiger partial charge is 0.311 e. The molecule has 0 atom stereocenters. The zero-order chi connectivity index (χ0) is 10.7. The molecule has 78 valence electrons. The Balaban J connectivity index is 3.74. The van der Waals surface area contributed by atoms with Gasteiger partial charge in [-0.25, -0.2) is 0 Å². The van der Waals surface area contributed by atoms with Crippen molar-refractivity contribution < 1.29 is 9.53 Å². The molecule has 0 radical (unpaired) electrons. The fourth-order valence-corrected chi connectivity index (χ4v) is 1.38. The molecule has 0 aliphatic rings. The quantitative estimate of drug-likeness (QED) is 0.519. The van der Waals surface area contributed by atoms with E-state index in [2.05, 4.69) is 19.6 Å². The van der Waals surface area contributed by atoms with E-state index < -0.39 is 8.07 Å². The summed E-state index contributed by atoms with van der Waals surface area (Å²) in [6.07, 6.45) is 0. The average Bonchev–Trinajstić information content (AvgIpc) is 1.82. The van der Waals surface area contributed by atoms with Crippen LogP contribution < -0.4 is 0 Å². The van der Waals surface area contributed by atoms with E-state index >= 15 is 0 Å². The Morgan fingerprint density at radius 3 is 2.00 bits per heavy atom. The number of rotatable bonds is 3. The van der Waals surface area contributed by atoms with Gasteiger partial charge in [0.15, 0.2) is 0 Å². The van der Waals surface area contributed by atoms with Crippen molar-refractivity contribution in [2.45, 2.75) is 46.5 Å². The summed E-state index contributed by atoms with van der Waals surface area (Å²) >= 11 is 0. The summed E-state index contributed by atoms with van der Waals surface area (Å²) in [5, 5.41) is 0. The second-order valence-electron chi connectivity index (χ2n) is 5.70. The van der Waals surface area contributed by atoms with Gasteiger partial charge in [-0.15, -0.1) is 0 Å². The minimum absolute atomic E-state index is 0.0919. The Labute approximate surface area is 82.7 Å². The van der Waals surface area contributed by atoms with Crippen LogP contribution in [0.1, 0.15) is 20.8 Å². The molecule has 0 rings (SSSR count). The molecule has 0 fully saturated rings. The summed E-state index contributed by atoms with van der Waals surface area (Å²) in [4.78, 5) is 11.3. The monoisotopic (exact) mass is 202 g/mol. The molecule has 0 aliphatic carbocycles. The van der Waals surface area contributed by atoms with Gasteiger partial charge < -0.3 is 4.74 Å². The lowest BCUT2D eigenvalue weighted by Crippen LogP contribution is -2.27. The highest BCUT2D eigenvalue weighted by atomic mass is 28.3. The third kappa shape index (κ3) is 6.81. The lowest BCUT2D eigenvalue weighted by atomic mass is 9.97. The first-order valence-corrected chi connectivity index (χ1v) is 8.51.